The molecule has 3 aromatic carbocycles. The number of benzene rings is 3. The van der Waals surface area contributed by atoms with E-state index in [0.717, 1.165) is 16.7 Å². The molecule has 1 aliphatic rings. The van der Waals surface area contributed by atoms with Crippen molar-refractivity contribution in [3.8, 4) is 0 Å². The van der Waals surface area contributed by atoms with E-state index in [0.29, 0.717) is 60.1 Å². The van der Waals surface area contributed by atoms with Gasteiger partial charge in [0.25, 0.3) is 0 Å². The monoisotopic (exact) mass is 627 g/mol. The van der Waals surface area contributed by atoms with Crippen LogP contribution in [0, 0.1) is 0 Å². The number of rotatable bonds is 13. The normalized spacial score (nSPS) is 17.8. The number of aliphatic hydroxyl groups is 1. The van der Waals surface area contributed by atoms with Crippen molar-refractivity contribution in [2.45, 2.75) is 62.4 Å². The number of hydrogen-bond donors (Lipinski definition) is 4. The van der Waals surface area contributed by atoms with Crippen LogP contribution >= 0.6 is 11.8 Å². The highest BCUT2D eigenvalue weighted by atomic mass is 32.2. The van der Waals surface area contributed by atoms with Crippen LogP contribution in [0.1, 0.15) is 61.2 Å². The van der Waals surface area contributed by atoms with Crippen LogP contribution in [-0.4, -0.2) is 38.7 Å². The van der Waals surface area contributed by atoms with E-state index >= 15 is 0 Å². The van der Waals surface area contributed by atoms with Gasteiger partial charge in [-0.05, 0) is 54.3 Å². The Kier molecular flexibility index (Phi) is 11.5. The second-order valence-corrected chi connectivity index (χ2v) is 11.7. The third-order valence-electron chi connectivity index (χ3n) is 7.31. The molecular weight excluding hydrogens is 590 g/mol. The molecule has 1 fully saturated rings. The fourth-order valence-electron chi connectivity index (χ4n) is 4.89. The van der Waals surface area contributed by atoms with Crippen molar-refractivity contribution in [3.63, 3.8) is 0 Å². The van der Waals surface area contributed by atoms with Gasteiger partial charge in [-0.25, -0.2) is 9.97 Å². The van der Waals surface area contributed by atoms with Gasteiger partial charge in [-0.2, -0.15) is 0 Å². The van der Waals surface area contributed by atoms with Crippen LogP contribution in [0.2, 0.25) is 0 Å². The summed E-state index contributed by atoms with van der Waals surface area (Å²) in [5.74, 6) is 0.410. The molecule has 0 spiro atoms. The maximum absolute atomic E-state index is 12.6. The summed E-state index contributed by atoms with van der Waals surface area (Å²) in [4.78, 5) is 33.4. The molecule has 0 aliphatic carbocycles. The topological polar surface area (TPSA) is 149 Å². The molecule has 1 aromatic heterocycles. The third-order valence-corrected chi connectivity index (χ3v) is 8.32. The second kappa shape index (κ2) is 16.1. The van der Waals surface area contributed by atoms with Gasteiger partial charge in [0, 0.05) is 48.7 Å². The Morgan fingerprint density at radius 2 is 1.51 bits per heavy atom. The van der Waals surface area contributed by atoms with Gasteiger partial charge >= 0.3 is 0 Å². The lowest BCUT2D eigenvalue weighted by Crippen LogP contribution is -2.31. The summed E-state index contributed by atoms with van der Waals surface area (Å²) in [5.41, 5.74) is 10.3. The van der Waals surface area contributed by atoms with Gasteiger partial charge < -0.3 is 30.9 Å². The average molecular weight is 628 g/mol. The Labute approximate surface area is 266 Å². The Hall–Kier alpha value is -4.29. The summed E-state index contributed by atoms with van der Waals surface area (Å²) >= 11 is 1.54. The number of nitrogens with one attached hydrogen (secondary N) is 2. The number of para-hydroxylation sites is 2. The Balaban J connectivity index is 1.13. The van der Waals surface area contributed by atoms with Crippen LogP contribution in [-0.2, 0) is 25.7 Å². The number of nitrogen functional groups attached to an aromatic ring is 1. The van der Waals surface area contributed by atoms with Gasteiger partial charge in [-0.1, -0.05) is 60.3 Å². The SMILES string of the molecule is Nc1ccccc1NC(=O)CCCCC(=O)Nc1ccc([C@H]2O[C@@H](CSc3ncccn3)C[C@@H](c3ccc(CO)cc3)O2)cc1. The van der Waals surface area contributed by atoms with E-state index in [9.17, 15) is 14.7 Å². The van der Waals surface area contributed by atoms with Crippen molar-refractivity contribution < 1.29 is 24.2 Å². The Morgan fingerprint density at radius 3 is 2.20 bits per heavy atom. The summed E-state index contributed by atoms with van der Waals surface area (Å²) in [6.07, 6.45) is 4.95. The van der Waals surface area contributed by atoms with Crippen LogP contribution in [0.3, 0.4) is 0 Å². The summed E-state index contributed by atoms with van der Waals surface area (Å²) in [7, 11) is 0. The van der Waals surface area contributed by atoms with Crippen LogP contribution < -0.4 is 16.4 Å². The van der Waals surface area contributed by atoms with Gasteiger partial charge in [-0.15, -0.1) is 0 Å². The molecule has 2 heterocycles. The number of ether oxygens (including phenoxy) is 2. The first kappa shape index (κ1) is 32.1. The lowest BCUT2D eigenvalue weighted by Gasteiger charge is -2.36. The summed E-state index contributed by atoms with van der Waals surface area (Å²) < 4.78 is 12.8. The summed E-state index contributed by atoms with van der Waals surface area (Å²) in [5, 5.41) is 15.9. The standard InChI is InChI=1S/C34H37N5O5S/c35-28-6-1-2-7-29(28)39-32(42)9-4-3-8-31(41)38-26-16-14-25(15-17-26)33-43-27(22-45-34-36-18-5-19-37-34)20-30(44-33)24-12-10-23(21-40)11-13-24/h1-2,5-7,10-19,27,30,33,40H,3-4,8-9,20-22,35H2,(H,38,41)(H,39,42)/t27-,30+,33+/m1/s1. The fourth-order valence-corrected chi connectivity index (χ4v) is 5.71. The zero-order chi connectivity index (χ0) is 31.4. The second-order valence-electron chi connectivity index (χ2n) is 10.7. The van der Waals surface area contributed by atoms with Gasteiger partial charge in [0.1, 0.15) is 0 Å². The predicted octanol–water partition coefficient (Wildman–Crippen LogP) is 6.03. The molecular formula is C34H37N5O5S. The molecule has 1 saturated heterocycles. The number of unbranched alkanes of at least 4 members (excludes halogenated alkanes) is 1. The molecule has 5 N–H and O–H groups in total. The van der Waals surface area contributed by atoms with Crippen molar-refractivity contribution in [2.75, 3.05) is 22.1 Å². The molecule has 4 aromatic rings. The van der Waals surface area contributed by atoms with E-state index in [-0.39, 0.29) is 30.6 Å². The molecule has 3 atom stereocenters. The molecule has 45 heavy (non-hydrogen) atoms. The number of amides is 2. The number of thioether (sulfide) groups is 1. The first-order valence-electron chi connectivity index (χ1n) is 14.9. The number of nitrogens with zero attached hydrogens (tertiary/aromatic N) is 2. The quantitative estimate of drug-likeness (QED) is 0.0604. The molecule has 11 heteroatoms. The molecule has 5 rings (SSSR count). The Morgan fingerprint density at radius 1 is 0.844 bits per heavy atom. The molecule has 1 aliphatic heterocycles. The maximum Gasteiger partial charge on any atom is 0.224 e. The third kappa shape index (κ3) is 9.60. The summed E-state index contributed by atoms with van der Waals surface area (Å²) in [6.45, 7) is -0.0153. The van der Waals surface area contributed by atoms with Crippen LogP contribution in [0.25, 0.3) is 0 Å². The minimum Gasteiger partial charge on any atom is -0.397 e. The zero-order valence-electron chi connectivity index (χ0n) is 24.8. The number of carbonyl (C=O) groups is 2. The van der Waals surface area contributed by atoms with Crippen molar-refractivity contribution in [3.05, 3.63) is 108 Å². The molecule has 10 nitrogen and oxygen atoms in total. The number of hydrogen-bond acceptors (Lipinski definition) is 9. The van der Waals surface area contributed by atoms with Crippen molar-refractivity contribution >= 4 is 40.6 Å². The first-order valence-corrected chi connectivity index (χ1v) is 15.9. The van der Waals surface area contributed by atoms with Crippen molar-refractivity contribution in [1.82, 2.24) is 9.97 Å². The molecule has 0 bridgehead atoms. The lowest BCUT2D eigenvalue weighted by molar-refractivity contribution is -0.245. The largest absolute Gasteiger partial charge is 0.397 e. The Bertz CT molecular complexity index is 1540. The zero-order valence-corrected chi connectivity index (χ0v) is 25.6. The van der Waals surface area contributed by atoms with Gasteiger partial charge in [0.2, 0.25) is 11.8 Å². The molecule has 234 valence electrons. The lowest BCUT2D eigenvalue weighted by atomic mass is 10.0. The number of anilines is 3. The average Bonchev–Trinajstić information content (AvgIpc) is 3.07. The highest BCUT2D eigenvalue weighted by Crippen LogP contribution is 2.39. The van der Waals surface area contributed by atoms with E-state index in [1.165, 1.54) is 11.8 Å². The highest BCUT2D eigenvalue weighted by molar-refractivity contribution is 7.99. The fraction of sp³-hybridized carbons (Fsp3) is 0.294. The minimum absolute atomic E-state index is 0.0153. The van der Waals surface area contributed by atoms with Gasteiger partial charge in [0.15, 0.2) is 11.4 Å². The molecule has 2 amide bonds. The number of carbonyl (C=O) groups excluding carboxylic acids is 2. The maximum atomic E-state index is 12.6. The number of nitrogens with two attached hydrogens (primary N) is 1. The van der Waals surface area contributed by atoms with Gasteiger partial charge in [-0.3, -0.25) is 9.59 Å². The van der Waals surface area contributed by atoms with E-state index in [4.69, 9.17) is 15.2 Å². The smallest absolute Gasteiger partial charge is 0.224 e. The van der Waals surface area contributed by atoms with Crippen molar-refractivity contribution in [1.29, 1.82) is 0 Å². The van der Waals surface area contributed by atoms with E-state index in [2.05, 4.69) is 20.6 Å². The van der Waals surface area contributed by atoms with E-state index in [1.807, 2.05) is 60.7 Å². The minimum atomic E-state index is -0.606. The number of aromatic nitrogens is 2. The van der Waals surface area contributed by atoms with Crippen LogP contribution in [0.5, 0.6) is 0 Å². The van der Waals surface area contributed by atoms with Crippen LogP contribution in [0.15, 0.2) is 96.4 Å². The van der Waals surface area contributed by atoms with E-state index < -0.39 is 6.29 Å². The molecule has 0 saturated carbocycles. The highest BCUT2D eigenvalue weighted by Gasteiger charge is 2.32. The molecule has 0 radical (unpaired) electrons. The first-order chi connectivity index (χ1) is 22.0. The van der Waals surface area contributed by atoms with Gasteiger partial charge in [0.05, 0.1) is 30.2 Å². The predicted molar refractivity (Wildman–Crippen MR) is 174 cm³/mol. The van der Waals surface area contributed by atoms with Crippen molar-refractivity contribution in [2.24, 2.45) is 0 Å². The molecule has 0 unspecified atom stereocenters. The number of aliphatic hydroxyl groups excluding tert-OH is 1. The summed E-state index contributed by atoms with van der Waals surface area (Å²) in [6, 6.07) is 24.1. The van der Waals surface area contributed by atoms with Crippen LogP contribution in [0.4, 0.5) is 17.1 Å². The van der Waals surface area contributed by atoms with E-state index in [1.54, 1.807) is 30.6 Å².